The van der Waals surface area contributed by atoms with E-state index in [1.807, 2.05) is 25.2 Å². The standard InChI is InChI=1S/C17H26N4/c1-13(2)16(14-9-7-6-8-10-14)18-11-15-12-19-17(20(3)4)21(15)5/h6-10,12-13,16,18H,11H2,1-5H3. The molecule has 4 heteroatoms. The molecule has 0 saturated heterocycles. The summed E-state index contributed by atoms with van der Waals surface area (Å²) in [5.41, 5.74) is 2.53. The molecule has 0 amide bonds. The number of hydrogen-bond donors (Lipinski definition) is 1. The van der Waals surface area contributed by atoms with Crippen LogP contribution in [0.3, 0.4) is 0 Å². The number of imidazole rings is 1. The summed E-state index contributed by atoms with van der Waals surface area (Å²) < 4.78 is 2.13. The van der Waals surface area contributed by atoms with Crippen LogP contribution in [0.15, 0.2) is 36.5 Å². The topological polar surface area (TPSA) is 33.1 Å². The summed E-state index contributed by atoms with van der Waals surface area (Å²) in [6, 6.07) is 11.0. The third-order valence-electron chi connectivity index (χ3n) is 3.79. The zero-order valence-corrected chi connectivity index (χ0v) is 13.7. The fourth-order valence-electron chi connectivity index (χ4n) is 2.63. The maximum Gasteiger partial charge on any atom is 0.204 e. The second kappa shape index (κ2) is 6.76. The lowest BCUT2D eigenvalue weighted by Crippen LogP contribution is -2.26. The molecule has 21 heavy (non-hydrogen) atoms. The Bertz CT molecular complexity index is 557. The number of anilines is 1. The van der Waals surface area contributed by atoms with E-state index in [4.69, 9.17) is 0 Å². The smallest absolute Gasteiger partial charge is 0.204 e. The van der Waals surface area contributed by atoms with Gasteiger partial charge in [0.15, 0.2) is 0 Å². The number of benzene rings is 1. The first-order chi connectivity index (χ1) is 10.0. The zero-order chi connectivity index (χ0) is 15.4. The molecule has 0 bridgehead atoms. The normalized spacial score (nSPS) is 12.7. The Kier molecular flexibility index (Phi) is 5.02. The molecule has 4 nitrogen and oxygen atoms in total. The third-order valence-corrected chi connectivity index (χ3v) is 3.79. The predicted octanol–water partition coefficient (Wildman–Crippen LogP) is 2.97. The van der Waals surface area contributed by atoms with Gasteiger partial charge in [-0.2, -0.15) is 0 Å². The molecule has 0 aliphatic rings. The van der Waals surface area contributed by atoms with Gasteiger partial charge in [0.05, 0.1) is 11.9 Å². The Balaban J connectivity index is 2.10. The SMILES string of the molecule is CC(C)C(NCc1cnc(N(C)C)n1C)c1ccccc1. The summed E-state index contributed by atoms with van der Waals surface area (Å²) in [6.45, 7) is 5.31. The average molecular weight is 286 g/mol. The van der Waals surface area contributed by atoms with Crippen LogP contribution in [0.25, 0.3) is 0 Å². The molecule has 0 saturated carbocycles. The first kappa shape index (κ1) is 15.6. The van der Waals surface area contributed by atoms with Crippen molar-refractivity contribution in [3.63, 3.8) is 0 Å². The molecule has 2 aromatic rings. The van der Waals surface area contributed by atoms with Gasteiger partial charge in [-0.05, 0) is 11.5 Å². The highest BCUT2D eigenvalue weighted by molar-refractivity contribution is 5.31. The molecule has 0 spiro atoms. The van der Waals surface area contributed by atoms with Crippen molar-refractivity contribution in [2.75, 3.05) is 19.0 Å². The molecular weight excluding hydrogens is 260 g/mol. The molecular formula is C17H26N4. The van der Waals surface area contributed by atoms with E-state index in [9.17, 15) is 0 Å². The molecule has 1 atom stereocenters. The number of nitrogens with zero attached hydrogens (tertiary/aromatic N) is 3. The molecule has 0 radical (unpaired) electrons. The number of hydrogen-bond acceptors (Lipinski definition) is 3. The third kappa shape index (κ3) is 3.64. The van der Waals surface area contributed by atoms with Gasteiger partial charge < -0.3 is 14.8 Å². The van der Waals surface area contributed by atoms with Gasteiger partial charge in [-0.15, -0.1) is 0 Å². The molecule has 2 rings (SSSR count). The Hall–Kier alpha value is -1.81. The van der Waals surface area contributed by atoms with Gasteiger partial charge in [-0.25, -0.2) is 4.98 Å². The van der Waals surface area contributed by atoms with Crippen molar-refractivity contribution >= 4 is 5.95 Å². The summed E-state index contributed by atoms with van der Waals surface area (Å²) in [5.74, 6) is 1.52. The highest BCUT2D eigenvalue weighted by Gasteiger charge is 2.16. The Morgan fingerprint density at radius 2 is 1.86 bits per heavy atom. The first-order valence-electron chi connectivity index (χ1n) is 7.47. The molecule has 1 heterocycles. The van der Waals surface area contributed by atoms with Gasteiger partial charge in [0.1, 0.15) is 0 Å². The Labute approximate surface area is 127 Å². The van der Waals surface area contributed by atoms with Gasteiger partial charge in [0.25, 0.3) is 0 Å². The fourth-order valence-corrected chi connectivity index (χ4v) is 2.63. The van der Waals surface area contributed by atoms with E-state index in [1.54, 1.807) is 0 Å². The van der Waals surface area contributed by atoms with Gasteiger partial charge in [-0.1, -0.05) is 44.2 Å². The van der Waals surface area contributed by atoms with E-state index < -0.39 is 0 Å². The van der Waals surface area contributed by atoms with Crippen LogP contribution >= 0.6 is 0 Å². The lowest BCUT2D eigenvalue weighted by atomic mass is 9.96. The first-order valence-corrected chi connectivity index (χ1v) is 7.47. The monoisotopic (exact) mass is 286 g/mol. The van der Waals surface area contributed by atoms with Gasteiger partial charge >= 0.3 is 0 Å². The second-order valence-electron chi connectivity index (χ2n) is 6.02. The molecule has 1 aromatic heterocycles. The summed E-state index contributed by atoms with van der Waals surface area (Å²) in [6.07, 6.45) is 1.95. The maximum atomic E-state index is 4.46. The van der Waals surface area contributed by atoms with E-state index >= 15 is 0 Å². The predicted molar refractivity (Wildman–Crippen MR) is 88.4 cm³/mol. The van der Waals surface area contributed by atoms with Crippen molar-refractivity contribution in [2.24, 2.45) is 13.0 Å². The molecule has 0 fully saturated rings. The molecule has 1 aromatic carbocycles. The van der Waals surface area contributed by atoms with Crippen molar-refractivity contribution in [3.05, 3.63) is 47.8 Å². The maximum absolute atomic E-state index is 4.46. The van der Waals surface area contributed by atoms with Crippen LogP contribution in [0.1, 0.15) is 31.1 Å². The minimum Gasteiger partial charge on any atom is -0.348 e. The van der Waals surface area contributed by atoms with E-state index in [0.29, 0.717) is 12.0 Å². The molecule has 114 valence electrons. The fraction of sp³-hybridized carbons (Fsp3) is 0.471. The van der Waals surface area contributed by atoms with E-state index in [1.165, 1.54) is 11.3 Å². The largest absolute Gasteiger partial charge is 0.348 e. The summed E-state index contributed by atoms with van der Waals surface area (Å²) >= 11 is 0. The minimum atomic E-state index is 0.351. The van der Waals surface area contributed by atoms with Crippen LogP contribution < -0.4 is 10.2 Å². The van der Waals surface area contributed by atoms with Crippen molar-refractivity contribution in [2.45, 2.75) is 26.4 Å². The minimum absolute atomic E-state index is 0.351. The highest BCUT2D eigenvalue weighted by atomic mass is 15.3. The van der Waals surface area contributed by atoms with Crippen LogP contribution in [0.2, 0.25) is 0 Å². The second-order valence-corrected chi connectivity index (χ2v) is 6.02. The Morgan fingerprint density at radius 1 is 1.19 bits per heavy atom. The summed E-state index contributed by atoms with van der Waals surface area (Å²) in [5, 5.41) is 3.67. The summed E-state index contributed by atoms with van der Waals surface area (Å²) in [7, 11) is 6.09. The highest BCUT2D eigenvalue weighted by Crippen LogP contribution is 2.22. The van der Waals surface area contributed by atoms with E-state index in [-0.39, 0.29) is 0 Å². The van der Waals surface area contributed by atoms with Gasteiger partial charge in [-0.3, -0.25) is 0 Å². The summed E-state index contributed by atoms with van der Waals surface area (Å²) in [4.78, 5) is 6.49. The molecule has 1 unspecified atom stereocenters. The van der Waals surface area contributed by atoms with Crippen molar-refractivity contribution in [1.82, 2.24) is 14.9 Å². The molecule has 0 aliphatic heterocycles. The number of rotatable bonds is 6. The van der Waals surface area contributed by atoms with Crippen LogP contribution in [0.5, 0.6) is 0 Å². The van der Waals surface area contributed by atoms with Crippen molar-refractivity contribution in [1.29, 1.82) is 0 Å². The molecule has 0 aliphatic carbocycles. The van der Waals surface area contributed by atoms with Crippen LogP contribution in [0, 0.1) is 5.92 Å². The van der Waals surface area contributed by atoms with E-state index in [0.717, 1.165) is 12.5 Å². The quantitative estimate of drug-likeness (QED) is 0.886. The van der Waals surface area contributed by atoms with Gasteiger partial charge in [0.2, 0.25) is 5.95 Å². The van der Waals surface area contributed by atoms with Crippen LogP contribution in [-0.2, 0) is 13.6 Å². The lowest BCUT2D eigenvalue weighted by Gasteiger charge is -2.23. The number of aromatic nitrogens is 2. The lowest BCUT2D eigenvalue weighted by molar-refractivity contribution is 0.406. The molecule has 1 N–H and O–H groups in total. The average Bonchev–Trinajstić information content (AvgIpc) is 2.81. The van der Waals surface area contributed by atoms with Crippen LogP contribution in [-0.4, -0.2) is 23.6 Å². The number of nitrogens with one attached hydrogen (secondary N) is 1. The van der Waals surface area contributed by atoms with Crippen molar-refractivity contribution < 1.29 is 0 Å². The van der Waals surface area contributed by atoms with Gasteiger partial charge in [0, 0.05) is 33.7 Å². The Morgan fingerprint density at radius 3 is 2.38 bits per heavy atom. The van der Waals surface area contributed by atoms with E-state index in [2.05, 4.69) is 66.1 Å². The van der Waals surface area contributed by atoms with Crippen LogP contribution in [0.4, 0.5) is 5.95 Å². The van der Waals surface area contributed by atoms with Crippen molar-refractivity contribution in [3.8, 4) is 0 Å². The zero-order valence-electron chi connectivity index (χ0n) is 13.7.